The molecule has 0 spiro atoms. The quantitative estimate of drug-likeness (QED) is 0.881. The minimum atomic E-state index is 0.565. The van der Waals surface area contributed by atoms with E-state index in [0.29, 0.717) is 6.04 Å². The third kappa shape index (κ3) is 3.45. The van der Waals surface area contributed by atoms with Crippen LogP contribution in [0, 0.1) is 18.8 Å². The van der Waals surface area contributed by atoms with Crippen LogP contribution < -0.4 is 5.32 Å². The molecular weight excluding hydrogens is 314 g/mol. The lowest BCUT2D eigenvalue weighted by Crippen LogP contribution is -2.38. The number of aryl methyl sites for hydroxylation is 2. The van der Waals surface area contributed by atoms with Crippen molar-refractivity contribution in [2.45, 2.75) is 58.4 Å². The third-order valence-electron chi connectivity index (χ3n) is 5.02. The predicted octanol–water partition coefficient (Wildman–Crippen LogP) is 3.84. The van der Waals surface area contributed by atoms with Gasteiger partial charge in [-0.3, -0.25) is 4.68 Å². The zero-order valence-electron chi connectivity index (χ0n) is 13.2. The lowest BCUT2D eigenvalue weighted by molar-refractivity contribution is 0.211. The molecule has 4 heteroatoms. The zero-order valence-corrected chi connectivity index (χ0v) is 14.8. The fraction of sp³-hybridized carbons (Fsp3) is 0.812. The number of halogens is 1. The number of nitrogens with zero attached hydrogens (tertiary/aromatic N) is 2. The van der Waals surface area contributed by atoms with Gasteiger partial charge in [0.05, 0.1) is 15.9 Å². The molecule has 0 amide bonds. The number of aromatic nitrogens is 2. The highest BCUT2D eigenvalue weighted by molar-refractivity contribution is 9.10. The molecule has 20 heavy (non-hydrogen) atoms. The summed E-state index contributed by atoms with van der Waals surface area (Å²) in [6.07, 6.45) is 7.98. The maximum atomic E-state index is 4.52. The van der Waals surface area contributed by atoms with E-state index in [1.54, 1.807) is 0 Å². The summed E-state index contributed by atoms with van der Waals surface area (Å²) in [5.74, 6) is 1.74. The second-order valence-corrected chi connectivity index (χ2v) is 7.06. The second kappa shape index (κ2) is 7.08. The Hall–Kier alpha value is -0.350. The van der Waals surface area contributed by atoms with Crippen molar-refractivity contribution in [1.82, 2.24) is 15.1 Å². The summed E-state index contributed by atoms with van der Waals surface area (Å²) in [6.45, 7) is 4.40. The molecule has 3 nitrogen and oxygen atoms in total. The average molecular weight is 342 g/mol. The monoisotopic (exact) mass is 341 g/mol. The number of rotatable bonds is 5. The molecule has 0 bridgehead atoms. The number of hydrogen-bond donors (Lipinski definition) is 1. The van der Waals surface area contributed by atoms with E-state index in [1.165, 1.54) is 42.3 Å². The van der Waals surface area contributed by atoms with Crippen molar-refractivity contribution < 1.29 is 0 Å². The van der Waals surface area contributed by atoms with Crippen LogP contribution >= 0.6 is 15.9 Å². The molecule has 2 rings (SSSR count). The molecule has 3 unspecified atom stereocenters. The summed E-state index contributed by atoms with van der Waals surface area (Å²) in [7, 11) is 4.16. The van der Waals surface area contributed by atoms with Crippen LogP contribution in [-0.2, 0) is 13.5 Å². The molecule has 1 N–H and O–H groups in total. The first-order valence-electron chi connectivity index (χ1n) is 7.92. The summed E-state index contributed by atoms with van der Waals surface area (Å²) >= 11 is 3.70. The van der Waals surface area contributed by atoms with Gasteiger partial charge in [0.2, 0.25) is 0 Å². The topological polar surface area (TPSA) is 29.9 Å². The summed E-state index contributed by atoms with van der Waals surface area (Å²) in [4.78, 5) is 0. The summed E-state index contributed by atoms with van der Waals surface area (Å²) in [5, 5.41) is 8.08. The SMILES string of the molecule is CCC1CCCC(C(Cc2c(Br)c(C)nn2C)NC)C1. The smallest absolute Gasteiger partial charge is 0.0738 e. The molecule has 3 atom stereocenters. The molecule has 114 valence electrons. The molecule has 0 radical (unpaired) electrons. The van der Waals surface area contributed by atoms with Gasteiger partial charge in [-0.05, 0) is 54.6 Å². The minimum Gasteiger partial charge on any atom is -0.316 e. The first-order valence-corrected chi connectivity index (χ1v) is 8.71. The Morgan fingerprint density at radius 3 is 2.75 bits per heavy atom. The number of nitrogens with one attached hydrogen (secondary N) is 1. The molecule has 1 aliphatic rings. The lowest BCUT2D eigenvalue weighted by atomic mass is 9.76. The standard InChI is InChI=1S/C16H28BrN3/c1-5-12-7-6-8-13(9-12)14(18-3)10-15-16(17)11(2)19-20(15)4/h12-14,18H,5-10H2,1-4H3. The van der Waals surface area contributed by atoms with Gasteiger partial charge >= 0.3 is 0 Å². The van der Waals surface area contributed by atoms with Crippen LogP contribution in [0.3, 0.4) is 0 Å². The van der Waals surface area contributed by atoms with E-state index in [-0.39, 0.29) is 0 Å². The van der Waals surface area contributed by atoms with Gasteiger partial charge in [0.25, 0.3) is 0 Å². The molecule has 1 fully saturated rings. The minimum absolute atomic E-state index is 0.565. The average Bonchev–Trinajstić information content (AvgIpc) is 2.70. The molecule has 0 aliphatic heterocycles. The van der Waals surface area contributed by atoms with Crippen molar-refractivity contribution in [2.24, 2.45) is 18.9 Å². The van der Waals surface area contributed by atoms with Crippen LogP contribution in [-0.4, -0.2) is 22.9 Å². The highest BCUT2D eigenvalue weighted by Crippen LogP contribution is 2.34. The van der Waals surface area contributed by atoms with E-state index < -0.39 is 0 Å². The fourth-order valence-electron chi connectivity index (χ4n) is 3.68. The molecular formula is C16H28BrN3. The van der Waals surface area contributed by atoms with Crippen molar-refractivity contribution in [1.29, 1.82) is 0 Å². The van der Waals surface area contributed by atoms with Gasteiger partial charge in [-0.25, -0.2) is 0 Å². The normalized spacial score (nSPS) is 24.9. The maximum absolute atomic E-state index is 4.52. The first-order chi connectivity index (χ1) is 9.56. The predicted molar refractivity (Wildman–Crippen MR) is 87.9 cm³/mol. The largest absolute Gasteiger partial charge is 0.316 e. The van der Waals surface area contributed by atoms with Gasteiger partial charge in [0.1, 0.15) is 0 Å². The van der Waals surface area contributed by atoms with Gasteiger partial charge in [-0.2, -0.15) is 5.10 Å². The van der Waals surface area contributed by atoms with E-state index in [2.05, 4.69) is 54.3 Å². The molecule has 1 aromatic rings. The van der Waals surface area contributed by atoms with Crippen molar-refractivity contribution >= 4 is 15.9 Å². The number of hydrogen-bond acceptors (Lipinski definition) is 2. The van der Waals surface area contributed by atoms with E-state index in [4.69, 9.17) is 0 Å². The Labute approximate surface area is 131 Å². The third-order valence-corrected chi connectivity index (χ3v) is 6.05. The Balaban J connectivity index is 2.08. The first kappa shape index (κ1) is 16.0. The van der Waals surface area contributed by atoms with Gasteiger partial charge in [0.15, 0.2) is 0 Å². The Kier molecular flexibility index (Phi) is 5.67. The molecule has 1 aliphatic carbocycles. The highest BCUT2D eigenvalue weighted by Gasteiger charge is 2.28. The van der Waals surface area contributed by atoms with Crippen LogP contribution in [0.15, 0.2) is 4.47 Å². The lowest BCUT2D eigenvalue weighted by Gasteiger charge is -2.34. The van der Waals surface area contributed by atoms with Gasteiger partial charge in [-0.15, -0.1) is 0 Å². The zero-order chi connectivity index (χ0) is 14.7. The molecule has 0 aromatic carbocycles. The maximum Gasteiger partial charge on any atom is 0.0738 e. The van der Waals surface area contributed by atoms with Gasteiger partial charge < -0.3 is 5.32 Å². The Bertz CT molecular complexity index is 441. The van der Waals surface area contributed by atoms with Crippen molar-refractivity contribution in [3.63, 3.8) is 0 Å². The summed E-state index contributed by atoms with van der Waals surface area (Å²) in [6, 6.07) is 0.565. The molecule has 1 saturated carbocycles. The second-order valence-electron chi connectivity index (χ2n) is 6.27. The van der Waals surface area contributed by atoms with Crippen LogP contribution in [0.4, 0.5) is 0 Å². The summed E-state index contributed by atoms with van der Waals surface area (Å²) < 4.78 is 3.22. The van der Waals surface area contributed by atoms with Crippen LogP contribution in [0.2, 0.25) is 0 Å². The van der Waals surface area contributed by atoms with Crippen molar-refractivity contribution in [2.75, 3.05) is 7.05 Å². The molecule has 1 aromatic heterocycles. The van der Waals surface area contributed by atoms with Crippen molar-refractivity contribution in [3.05, 3.63) is 15.9 Å². The van der Waals surface area contributed by atoms with Crippen LogP contribution in [0.25, 0.3) is 0 Å². The van der Waals surface area contributed by atoms with Gasteiger partial charge in [-0.1, -0.05) is 26.2 Å². The van der Waals surface area contributed by atoms with Crippen LogP contribution in [0.5, 0.6) is 0 Å². The highest BCUT2D eigenvalue weighted by atomic mass is 79.9. The van der Waals surface area contributed by atoms with E-state index in [0.717, 1.165) is 24.0 Å². The van der Waals surface area contributed by atoms with Crippen molar-refractivity contribution in [3.8, 4) is 0 Å². The van der Waals surface area contributed by atoms with E-state index >= 15 is 0 Å². The fourth-order valence-corrected chi connectivity index (χ4v) is 4.18. The van der Waals surface area contributed by atoms with Gasteiger partial charge in [0, 0.05) is 19.5 Å². The molecule has 1 heterocycles. The summed E-state index contributed by atoms with van der Waals surface area (Å²) in [5.41, 5.74) is 2.41. The van der Waals surface area contributed by atoms with E-state index in [9.17, 15) is 0 Å². The molecule has 0 saturated heterocycles. The van der Waals surface area contributed by atoms with Crippen LogP contribution in [0.1, 0.15) is 50.4 Å². The number of likely N-dealkylation sites (N-methyl/N-ethyl adjacent to an activating group) is 1. The van der Waals surface area contributed by atoms with E-state index in [1.807, 2.05) is 4.68 Å². The Morgan fingerprint density at radius 2 is 2.20 bits per heavy atom. The Morgan fingerprint density at radius 1 is 1.45 bits per heavy atom.